The Labute approximate surface area is 212 Å². The fraction of sp³-hybridized carbons (Fsp3) is 0.417. The minimum absolute atomic E-state index is 0.0985. The van der Waals surface area contributed by atoms with E-state index in [4.69, 9.17) is 0 Å². The molecule has 3 heterocycles. The van der Waals surface area contributed by atoms with Crippen molar-refractivity contribution in [3.05, 3.63) is 52.8 Å². The summed E-state index contributed by atoms with van der Waals surface area (Å²) in [7, 11) is 0. The Balaban J connectivity index is 1.60. The standard InChI is InChI=1S/C24H23F5N4O3S/c1-23(36,14-4-2-12(3-5-14)21(34)35)22-31-11-17(37-22)16-8-13(20(25)26)9-19(32-16)33-18-10-15(6-7-30-18)24(27,28)29/h6-12,14,20,36H,2-5H2,1H3,(H,34,35)(H,30,32,33)/t12-,14-,23?. The summed E-state index contributed by atoms with van der Waals surface area (Å²) >= 11 is 1.06. The molecule has 7 nitrogen and oxygen atoms in total. The van der Waals surface area contributed by atoms with Gasteiger partial charge < -0.3 is 15.5 Å². The summed E-state index contributed by atoms with van der Waals surface area (Å²) in [5.74, 6) is -1.88. The molecule has 1 aliphatic carbocycles. The molecule has 198 valence electrons. The van der Waals surface area contributed by atoms with Gasteiger partial charge in [0.1, 0.15) is 22.2 Å². The molecule has 13 heteroatoms. The van der Waals surface area contributed by atoms with Crippen molar-refractivity contribution in [1.82, 2.24) is 15.0 Å². The maximum Gasteiger partial charge on any atom is 0.416 e. The number of thiazole rings is 1. The summed E-state index contributed by atoms with van der Waals surface area (Å²) in [6, 6.07) is 3.71. The fourth-order valence-electron chi connectivity index (χ4n) is 4.38. The minimum Gasteiger partial charge on any atom is -0.481 e. The number of hydrogen-bond acceptors (Lipinski definition) is 7. The normalized spacial score (nSPS) is 20.0. The molecule has 1 saturated carbocycles. The molecular formula is C24H23F5N4O3S. The first kappa shape index (κ1) is 26.9. The molecule has 3 N–H and O–H groups in total. The van der Waals surface area contributed by atoms with Gasteiger partial charge in [0.05, 0.1) is 22.1 Å². The SMILES string of the molecule is CC(O)(c1ncc(-c2cc(C(F)F)cc(Nc3cc(C(F)(F)F)ccn3)n2)s1)[C@H]1CC[C@H](C(=O)O)CC1. The van der Waals surface area contributed by atoms with Gasteiger partial charge in [-0.3, -0.25) is 4.79 Å². The highest BCUT2D eigenvalue weighted by atomic mass is 32.1. The zero-order valence-corrected chi connectivity index (χ0v) is 20.3. The monoisotopic (exact) mass is 542 g/mol. The molecule has 0 bridgehead atoms. The summed E-state index contributed by atoms with van der Waals surface area (Å²) < 4.78 is 66.3. The molecule has 0 amide bonds. The number of nitrogens with one attached hydrogen (secondary N) is 1. The van der Waals surface area contributed by atoms with Crippen LogP contribution in [-0.4, -0.2) is 31.1 Å². The van der Waals surface area contributed by atoms with Crippen LogP contribution in [0.1, 0.15) is 55.2 Å². The van der Waals surface area contributed by atoms with Crippen LogP contribution in [0.4, 0.5) is 33.6 Å². The summed E-state index contributed by atoms with van der Waals surface area (Å²) in [5.41, 5.74) is -2.63. The lowest BCUT2D eigenvalue weighted by Gasteiger charge is -2.35. The second-order valence-electron chi connectivity index (χ2n) is 9.09. The lowest BCUT2D eigenvalue weighted by molar-refractivity contribution is -0.144. The number of aliphatic hydroxyl groups is 1. The van der Waals surface area contributed by atoms with Gasteiger partial charge in [0.15, 0.2) is 0 Å². The summed E-state index contributed by atoms with van der Waals surface area (Å²) in [6.07, 6.45) is -3.28. The van der Waals surface area contributed by atoms with Gasteiger partial charge in [0.2, 0.25) is 0 Å². The van der Waals surface area contributed by atoms with Crippen LogP contribution in [-0.2, 0) is 16.6 Å². The second-order valence-corrected chi connectivity index (χ2v) is 10.1. The maximum absolute atomic E-state index is 13.6. The number of alkyl halides is 5. The van der Waals surface area contributed by atoms with E-state index in [9.17, 15) is 37.0 Å². The van der Waals surface area contributed by atoms with Gasteiger partial charge in [0.25, 0.3) is 6.43 Å². The van der Waals surface area contributed by atoms with Crippen molar-refractivity contribution >= 4 is 28.9 Å². The molecule has 1 fully saturated rings. The third-order valence-electron chi connectivity index (χ3n) is 6.51. The van der Waals surface area contributed by atoms with Crippen LogP contribution in [0.25, 0.3) is 10.6 Å². The Morgan fingerprint density at radius 3 is 2.43 bits per heavy atom. The molecule has 0 spiro atoms. The van der Waals surface area contributed by atoms with Crippen LogP contribution in [0.5, 0.6) is 0 Å². The maximum atomic E-state index is 13.6. The number of rotatable bonds is 7. The van der Waals surface area contributed by atoms with Crippen molar-refractivity contribution in [1.29, 1.82) is 0 Å². The molecule has 37 heavy (non-hydrogen) atoms. The van der Waals surface area contributed by atoms with E-state index in [1.165, 1.54) is 6.20 Å². The zero-order chi connectivity index (χ0) is 27.0. The predicted molar refractivity (Wildman–Crippen MR) is 125 cm³/mol. The highest BCUT2D eigenvalue weighted by Crippen LogP contribution is 2.43. The van der Waals surface area contributed by atoms with E-state index in [-0.39, 0.29) is 23.2 Å². The first-order valence-electron chi connectivity index (χ1n) is 11.4. The van der Waals surface area contributed by atoms with Crippen molar-refractivity contribution in [2.75, 3.05) is 5.32 Å². The number of carbonyl (C=O) groups is 1. The Morgan fingerprint density at radius 2 is 1.81 bits per heavy atom. The van der Waals surface area contributed by atoms with Crippen molar-refractivity contribution in [2.45, 2.75) is 50.8 Å². The van der Waals surface area contributed by atoms with Gasteiger partial charge in [0, 0.05) is 18.0 Å². The van der Waals surface area contributed by atoms with Crippen LogP contribution in [0.2, 0.25) is 0 Å². The van der Waals surface area contributed by atoms with Gasteiger partial charge >= 0.3 is 12.1 Å². The van der Waals surface area contributed by atoms with E-state index in [2.05, 4.69) is 20.3 Å². The quantitative estimate of drug-likeness (QED) is 0.297. The largest absolute Gasteiger partial charge is 0.481 e. The van der Waals surface area contributed by atoms with Crippen molar-refractivity contribution < 1.29 is 37.0 Å². The van der Waals surface area contributed by atoms with E-state index in [1.807, 2.05) is 0 Å². The highest BCUT2D eigenvalue weighted by molar-refractivity contribution is 7.15. The molecule has 3 aromatic rings. The number of nitrogens with zero attached hydrogens (tertiary/aromatic N) is 3. The Morgan fingerprint density at radius 1 is 1.11 bits per heavy atom. The van der Waals surface area contributed by atoms with Crippen LogP contribution >= 0.6 is 11.3 Å². The molecule has 0 saturated heterocycles. The molecule has 1 unspecified atom stereocenters. The Bertz CT molecular complexity index is 1270. The number of carboxylic acids is 1. The van der Waals surface area contributed by atoms with Crippen molar-refractivity contribution in [3.8, 4) is 10.6 Å². The van der Waals surface area contributed by atoms with Crippen molar-refractivity contribution in [3.63, 3.8) is 0 Å². The second kappa shape index (κ2) is 10.3. The Hall–Kier alpha value is -3.19. The van der Waals surface area contributed by atoms with E-state index >= 15 is 0 Å². The van der Waals surface area contributed by atoms with E-state index in [0.29, 0.717) is 35.6 Å². The number of pyridine rings is 2. The first-order valence-corrected chi connectivity index (χ1v) is 12.2. The minimum atomic E-state index is -4.61. The topological polar surface area (TPSA) is 108 Å². The number of aliphatic carboxylic acids is 1. The third kappa shape index (κ3) is 6.04. The van der Waals surface area contributed by atoms with Gasteiger partial charge in [-0.25, -0.2) is 23.7 Å². The van der Waals surface area contributed by atoms with Crippen LogP contribution in [0.15, 0.2) is 36.7 Å². The molecular weight excluding hydrogens is 519 g/mol. The fourth-order valence-corrected chi connectivity index (χ4v) is 5.38. The summed E-state index contributed by atoms with van der Waals surface area (Å²) in [5, 5.41) is 23.3. The molecule has 4 rings (SSSR count). The molecule has 0 radical (unpaired) electrons. The van der Waals surface area contributed by atoms with Crippen LogP contribution in [0.3, 0.4) is 0 Å². The van der Waals surface area contributed by atoms with E-state index in [1.54, 1.807) is 6.92 Å². The van der Waals surface area contributed by atoms with Gasteiger partial charge in [-0.05, 0) is 62.8 Å². The summed E-state index contributed by atoms with van der Waals surface area (Å²) in [4.78, 5) is 24.0. The smallest absolute Gasteiger partial charge is 0.416 e. The Kier molecular flexibility index (Phi) is 7.47. The van der Waals surface area contributed by atoms with E-state index < -0.39 is 41.2 Å². The highest BCUT2D eigenvalue weighted by Gasteiger charge is 2.40. The van der Waals surface area contributed by atoms with E-state index in [0.717, 1.165) is 41.8 Å². The number of halogens is 5. The molecule has 0 aromatic carbocycles. The van der Waals surface area contributed by atoms with Gasteiger partial charge in [-0.1, -0.05) is 0 Å². The van der Waals surface area contributed by atoms with Crippen molar-refractivity contribution in [2.24, 2.45) is 11.8 Å². The average Bonchev–Trinajstić information content (AvgIpc) is 3.35. The van der Waals surface area contributed by atoms with Gasteiger partial charge in [-0.15, -0.1) is 11.3 Å². The van der Waals surface area contributed by atoms with Crippen LogP contribution in [0, 0.1) is 11.8 Å². The predicted octanol–water partition coefficient (Wildman–Crippen LogP) is 6.40. The zero-order valence-electron chi connectivity index (χ0n) is 19.5. The molecule has 1 atom stereocenters. The number of anilines is 2. The number of carboxylic acid groups (broad SMARTS) is 1. The molecule has 0 aliphatic heterocycles. The third-order valence-corrected chi connectivity index (χ3v) is 7.75. The molecule has 3 aromatic heterocycles. The molecule has 1 aliphatic rings. The number of hydrogen-bond donors (Lipinski definition) is 3. The van der Waals surface area contributed by atoms with Gasteiger partial charge in [-0.2, -0.15) is 13.2 Å². The summed E-state index contributed by atoms with van der Waals surface area (Å²) in [6.45, 7) is 1.59. The number of aromatic nitrogens is 3. The first-order chi connectivity index (χ1) is 17.3. The lowest BCUT2D eigenvalue weighted by Crippen LogP contribution is -2.35. The lowest BCUT2D eigenvalue weighted by atomic mass is 9.74. The average molecular weight is 543 g/mol. The van der Waals surface area contributed by atoms with Crippen LogP contribution < -0.4 is 5.32 Å².